The molecule has 1 aromatic heterocycles. The SMILES string of the molecule is Cc1occc1C(=O)N[C@H](C)c1ccc(F)cc1. The van der Waals surface area contributed by atoms with E-state index in [1.165, 1.54) is 18.4 Å². The van der Waals surface area contributed by atoms with E-state index in [-0.39, 0.29) is 17.8 Å². The molecular weight excluding hydrogens is 233 g/mol. The van der Waals surface area contributed by atoms with Crippen LogP contribution in [-0.4, -0.2) is 5.91 Å². The zero-order valence-electron chi connectivity index (χ0n) is 10.2. The summed E-state index contributed by atoms with van der Waals surface area (Å²) in [6.07, 6.45) is 1.48. The summed E-state index contributed by atoms with van der Waals surface area (Å²) < 4.78 is 17.9. The van der Waals surface area contributed by atoms with Crippen LogP contribution in [0.3, 0.4) is 0 Å². The minimum Gasteiger partial charge on any atom is -0.469 e. The van der Waals surface area contributed by atoms with E-state index in [1.54, 1.807) is 25.1 Å². The molecule has 0 aliphatic rings. The number of halogens is 1. The number of hydrogen-bond donors (Lipinski definition) is 1. The largest absolute Gasteiger partial charge is 0.469 e. The lowest BCUT2D eigenvalue weighted by Crippen LogP contribution is -2.26. The van der Waals surface area contributed by atoms with Crippen LogP contribution in [0.25, 0.3) is 0 Å². The zero-order valence-corrected chi connectivity index (χ0v) is 10.2. The number of carbonyl (C=O) groups is 1. The van der Waals surface area contributed by atoms with E-state index in [2.05, 4.69) is 5.32 Å². The molecule has 18 heavy (non-hydrogen) atoms. The number of carbonyl (C=O) groups excluding carboxylic acids is 1. The van der Waals surface area contributed by atoms with Crippen LogP contribution in [0.1, 0.15) is 34.6 Å². The first-order valence-electron chi connectivity index (χ1n) is 5.68. The van der Waals surface area contributed by atoms with Gasteiger partial charge in [-0.3, -0.25) is 4.79 Å². The van der Waals surface area contributed by atoms with Crippen LogP contribution in [0.15, 0.2) is 41.0 Å². The molecule has 2 rings (SSSR count). The molecule has 1 amide bonds. The Bertz CT molecular complexity index is 545. The van der Waals surface area contributed by atoms with Crippen molar-refractivity contribution in [1.29, 1.82) is 0 Å². The van der Waals surface area contributed by atoms with E-state index in [0.717, 1.165) is 5.56 Å². The Morgan fingerprint density at radius 1 is 1.28 bits per heavy atom. The average molecular weight is 247 g/mol. The molecule has 0 saturated heterocycles. The summed E-state index contributed by atoms with van der Waals surface area (Å²) in [6.45, 7) is 3.58. The molecule has 0 saturated carbocycles. The van der Waals surface area contributed by atoms with Gasteiger partial charge in [0.2, 0.25) is 0 Å². The standard InChI is InChI=1S/C14H14FNO2/c1-9(11-3-5-12(15)6-4-11)16-14(17)13-7-8-18-10(13)2/h3-9H,1-2H3,(H,16,17)/t9-/m1/s1. The predicted molar refractivity (Wildman–Crippen MR) is 65.7 cm³/mol. The van der Waals surface area contributed by atoms with Crippen LogP contribution in [0.4, 0.5) is 4.39 Å². The molecule has 1 atom stereocenters. The first kappa shape index (κ1) is 12.4. The maximum atomic E-state index is 12.8. The monoisotopic (exact) mass is 247 g/mol. The molecular formula is C14H14FNO2. The molecule has 3 nitrogen and oxygen atoms in total. The second-order valence-corrected chi connectivity index (χ2v) is 4.14. The van der Waals surface area contributed by atoms with Crippen molar-refractivity contribution in [3.8, 4) is 0 Å². The predicted octanol–water partition coefficient (Wildman–Crippen LogP) is 3.22. The third-order valence-electron chi connectivity index (χ3n) is 2.82. The van der Waals surface area contributed by atoms with Gasteiger partial charge >= 0.3 is 0 Å². The number of furan rings is 1. The summed E-state index contributed by atoms with van der Waals surface area (Å²) >= 11 is 0. The fourth-order valence-corrected chi connectivity index (χ4v) is 1.73. The number of amides is 1. The van der Waals surface area contributed by atoms with Gasteiger partial charge in [0.05, 0.1) is 17.9 Å². The lowest BCUT2D eigenvalue weighted by molar-refractivity contribution is 0.0938. The van der Waals surface area contributed by atoms with Crippen LogP contribution in [0.2, 0.25) is 0 Å². The molecule has 0 aliphatic heterocycles. The number of aryl methyl sites for hydroxylation is 1. The molecule has 0 fully saturated rings. The molecule has 4 heteroatoms. The maximum Gasteiger partial charge on any atom is 0.255 e. The highest BCUT2D eigenvalue weighted by Gasteiger charge is 2.14. The molecule has 0 bridgehead atoms. The molecule has 1 N–H and O–H groups in total. The highest BCUT2D eigenvalue weighted by atomic mass is 19.1. The number of rotatable bonds is 3. The van der Waals surface area contributed by atoms with Gasteiger partial charge in [-0.15, -0.1) is 0 Å². The second kappa shape index (κ2) is 5.04. The lowest BCUT2D eigenvalue weighted by Gasteiger charge is -2.13. The van der Waals surface area contributed by atoms with Crippen LogP contribution >= 0.6 is 0 Å². The van der Waals surface area contributed by atoms with Gasteiger partial charge in [-0.1, -0.05) is 12.1 Å². The normalized spacial score (nSPS) is 12.2. The Kier molecular flexibility index (Phi) is 3.46. The average Bonchev–Trinajstić information content (AvgIpc) is 2.76. The van der Waals surface area contributed by atoms with Crippen molar-refractivity contribution in [2.45, 2.75) is 19.9 Å². The van der Waals surface area contributed by atoms with Crippen molar-refractivity contribution in [3.63, 3.8) is 0 Å². The van der Waals surface area contributed by atoms with Gasteiger partial charge in [0.15, 0.2) is 0 Å². The highest BCUT2D eigenvalue weighted by Crippen LogP contribution is 2.15. The van der Waals surface area contributed by atoms with Crippen molar-refractivity contribution in [1.82, 2.24) is 5.32 Å². The topological polar surface area (TPSA) is 42.2 Å². The van der Waals surface area contributed by atoms with Crippen molar-refractivity contribution in [2.24, 2.45) is 0 Å². The van der Waals surface area contributed by atoms with E-state index >= 15 is 0 Å². The molecule has 0 unspecified atom stereocenters. The zero-order chi connectivity index (χ0) is 13.1. The molecule has 0 aliphatic carbocycles. The Morgan fingerprint density at radius 2 is 1.94 bits per heavy atom. The highest BCUT2D eigenvalue weighted by molar-refractivity contribution is 5.95. The Balaban J connectivity index is 2.08. The van der Waals surface area contributed by atoms with Crippen molar-refractivity contribution in [2.75, 3.05) is 0 Å². The Morgan fingerprint density at radius 3 is 2.50 bits per heavy atom. The number of nitrogens with one attached hydrogen (secondary N) is 1. The van der Waals surface area contributed by atoms with Gasteiger partial charge in [-0.05, 0) is 37.6 Å². The summed E-state index contributed by atoms with van der Waals surface area (Å²) in [5.41, 5.74) is 1.37. The van der Waals surface area contributed by atoms with E-state index < -0.39 is 0 Å². The second-order valence-electron chi connectivity index (χ2n) is 4.14. The third-order valence-corrected chi connectivity index (χ3v) is 2.82. The van der Waals surface area contributed by atoms with Crippen molar-refractivity contribution < 1.29 is 13.6 Å². The molecule has 2 aromatic rings. The van der Waals surface area contributed by atoms with Crippen LogP contribution in [0, 0.1) is 12.7 Å². The van der Waals surface area contributed by atoms with Gasteiger partial charge in [-0.25, -0.2) is 4.39 Å². The summed E-state index contributed by atoms with van der Waals surface area (Å²) in [6, 6.07) is 7.50. The van der Waals surface area contributed by atoms with Gasteiger partial charge < -0.3 is 9.73 Å². The van der Waals surface area contributed by atoms with Gasteiger partial charge in [-0.2, -0.15) is 0 Å². The van der Waals surface area contributed by atoms with Gasteiger partial charge in [0.1, 0.15) is 11.6 Å². The Labute approximate surface area is 105 Å². The van der Waals surface area contributed by atoms with Crippen LogP contribution < -0.4 is 5.32 Å². The van der Waals surface area contributed by atoms with E-state index in [1.807, 2.05) is 6.92 Å². The van der Waals surface area contributed by atoms with Crippen LogP contribution in [0.5, 0.6) is 0 Å². The summed E-state index contributed by atoms with van der Waals surface area (Å²) in [4.78, 5) is 11.9. The summed E-state index contributed by atoms with van der Waals surface area (Å²) in [7, 11) is 0. The smallest absolute Gasteiger partial charge is 0.255 e. The minimum atomic E-state index is -0.289. The van der Waals surface area contributed by atoms with Crippen molar-refractivity contribution in [3.05, 3.63) is 59.3 Å². The molecule has 0 radical (unpaired) electrons. The Hall–Kier alpha value is -2.10. The maximum absolute atomic E-state index is 12.8. The van der Waals surface area contributed by atoms with E-state index in [0.29, 0.717) is 11.3 Å². The van der Waals surface area contributed by atoms with Gasteiger partial charge in [0.25, 0.3) is 5.91 Å². The summed E-state index contributed by atoms with van der Waals surface area (Å²) in [5.74, 6) is 0.0971. The summed E-state index contributed by atoms with van der Waals surface area (Å²) in [5, 5.41) is 2.84. The number of hydrogen-bond acceptors (Lipinski definition) is 2. The lowest BCUT2D eigenvalue weighted by atomic mass is 10.1. The minimum absolute atomic E-state index is 0.188. The molecule has 1 heterocycles. The van der Waals surface area contributed by atoms with Gasteiger partial charge in [0, 0.05) is 0 Å². The molecule has 94 valence electrons. The van der Waals surface area contributed by atoms with E-state index in [4.69, 9.17) is 4.42 Å². The third kappa shape index (κ3) is 2.59. The first-order chi connectivity index (χ1) is 8.58. The fourth-order valence-electron chi connectivity index (χ4n) is 1.73. The number of benzene rings is 1. The first-order valence-corrected chi connectivity index (χ1v) is 5.68. The van der Waals surface area contributed by atoms with E-state index in [9.17, 15) is 9.18 Å². The van der Waals surface area contributed by atoms with Crippen molar-refractivity contribution >= 4 is 5.91 Å². The van der Waals surface area contributed by atoms with Crippen LogP contribution in [-0.2, 0) is 0 Å². The molecule has 1 aromatic carbocycles. The quantitative estimate of drug-likeness (QED) is 0.904. The molecule has 0 spiro atoms. The fraction of sp³-hybridized carbons (Fsp3) is 0.214.